The van der Waals surface area contributed by atoms with Crippen molar-refractivity contribution in [1.82, 2.24) is 4.90 Å². The van der Waals surface area contributed by atoms with E-state index >= 15 is 0 Å². The molecule has 4 aliphatic carbocycles. The Morgan fingerprint density at radius 2 is 1.70 bits per heavy atom. The summed E-state index contributed by atoms with van der Waals surface area (Å²) in [5.74, 6) is 2.00. The van der Waals surface area contributed by atoms with Crippen LogP contribution in [0.5, 0.6) is 0 Å². The van der Waals surface area contributed by atoms with Crippen LogP contribution in [0.2, 0.25) is 0 Å². The summed E-state index contributed by atoms with van der Waals surface area (Å²) in [6.07, 6.45) is 8.85. The molecule has 3 nitrogen and oxygen atoms in total. The molecule has 1 aromatic carbocycles. The van der Waals surface area contributed by atoms with Crippen molar-refractivity contribution in [2.24, 2.45) is 23.2 Å². The molecule has 4 saturated carbocycles. The first kappa shape index (κ1) is 17.3. The van der Waals surface area contributed by atoms with Crippen LogP contribution in [0.25, 0.3) is 0 Å². The number of nitriles is 1. The first-order chi connectivity index (χ1) is 13.0. The number of piperidine rings is 1. The van der Waals surface area contributed by atoms with Gasteiger partial charge >= 0.3 is 0 Å². The Morgan fingerprint density at radius 1 is 1.07 bits per heavy atom. The van der Waals surface area contributed by atoms with Gasteiger partial charge in [-0.15, -0.1) is 0 Å². The molecule has 0 N–H and O–H groups in total. The molecule has 5 aliphatic rings. The third kappa shape index (κ3) is 2.72. The van der Waals surface area contributed by atoms with E-state index in [4.69, 9.17) is 0 Å². The fraction of sp³-hybridized carbons (Fsp3) is 0.667. The van der Waals surface area contributed by atoms with Crippen LogP contribution in [-0.2, 0) is 10.2 Å². The van der Waals surface area contributed by atoms with Crippen LogP contribution in [-0.4, -0.2) is 23.9 Å². The Hall–Kier alpha value is -1.82. The first-order valence-corrected chi connectivity index (χ1v) is 10.8. The average molecular weight is 363 g/mol. The lowest BCUT2D eigenvalue weighted by Gasteiger charge is -2.62. The monoisotopic (exact) mass is 362 g/mol. The smallest absolute Gasteiger partial charge is 0.228 e. The molecule has 3 heteroatoms. The fourth-order valence-corrected chi connectivity index (χ4v) is 7.30. The molecule has 0 radical (unpaired) electrons. The van der Waals surface area contributed by atoms with E-state index in [2.05, 4.69) is 42.2 Å². The standard InChI is InChI=1S/C24H30N2O/c1-17-2-4-21(5-3-17)23-11-19-10-20(12-23)14-24(13-19,16-23)22(27)26-8-6-18(15-25)7-9-26/h2-5,18-20H,6-14,16H2,1H3. The highest BCUT2D eigenvalue weighted by molar-refractivity contribution is 5.84. The third-order valence-corrected chi connectivity index (χ3v) is 8.14. The summed E-state index contributed by atoms with van der Waals surface area (Å²) in [5, 5.41) is 9.17. The van der Waals surface area contributed by atoms with Crippen LogP contribution < -0.4 is 0 Å². The second kappa shape index (κ2) is 6.09. The normalized spacial score (nSPS) is 38.0. The number of rotatable bonds is 2. The van der Waals surface area contributed by atoms with Gasteiger partial charge in [-0.2, -0.15) is 5.26 Å². The minimum Gasteiger partial charge on any atom is -0.342 e. The van der Waals surface area contributed by atoms with Gasteiger partial charge in [0.05, 0.1) is 11.5 Å². The highest BCUT2D eigenvalue weighted by Crippen LogP contribution is 2.66. The third-order valence-electron chi connectivity index (χ3n) is 8.14. The Balaban J connectivity index is 1.44. The zero-order valence-corrected chi connectivity index (χ0v) is 16.4. The zero-order chi connectivity index (χ0) is 18.6. The van der Waals surface area contributed by atoms with E-state index in [-0.39, 0.29) is 16.7 Å². The van der Waals surface area contributed by atoms with E-state index in [1.165, 1.54) is 30.4 Å². The number of amides is 1. The summed E-state index contributed by atoms with van der Waals surface area (Å²) in [7, 11) is 0. The highest BCUT2D eigenvalue weighted by atomic mass is 16.2. The second-order valence-corrected chi connectivity index (χ2v) is 10.1. The lowest BCUT2D eigenvalue weighted by Crippen LogP contribution is -2.60. The number of aryl methyl sites for hydroxylation is 1. The molecule has 27 heavy (non-hydrogen) atoms. The molecule has 0 spiro atoms. The molecular weight excluding hydrogens is 332 g/mol. The van der Waals surface area contributed by atoms with Crippen molar-refractivity contribution >= 4 is 5.91 Å². The van der Waals surface area contributed by atoms with Gasteiger partial charge in [-0.25, -0.2) is 0 Å². The van der Waals surface area contributed by atoms with E-state index in [1.807, 2.05) is 0 Å². The summed E-state index contributed by atoms with van der Waals surface area (Å²) < 4.78 is 0. The molecule has 6 rings (SSSR count). The first-order valence-electron chi connectivity index (χ1n) is 10.8. The molecule has 5 fully saturated rings. The van der Waals surface area contributed by atoms with Crippen molar-refractivity contribution < 1.29 is 4.79 Å². The van der Waals surface area contributed by atoms with Gasteiger partial charge in [-0.05, 0) is 81.1 Å². The molecule has 1 aliphatic heterocycles. The molecule has 1 heterocycles. The zero-order valence-electron chi connectivity index (χ0n) is 16.4. The molecule has 0 aromatic heterocycles. The van der Waals surface area contributed by atoms with Crippen LogP contribution in [0.15, 0.2) is 24.3 Å². The van der Waals surface area contributed by atoms with Gasteiger partial charge in [-0.1, -0.05) is 29.8 Å². The Morgan fingerprint density at radius 3 is 2.30 bits per heavy atom. The summed E-state index contributed by atoms with van der Waals surface area (Å²) in [6, 6.07) is 11.5. The maximum atomic E-state index is 13.7. The van der Waals surface area contributed by atoms with Crippen LogP contribution in [0.4, 0.5) is 0 Å². The molecule has 4 bridgehead atoms. The van der Waals surface area contributed by atoms with Gasteiger partial charge in [0, 0.05) is 19.0 Å². The quantitative estimate of drug-likeness (QED) is 0.772. The van der Waals surface area contributed by atoms with Crippen molar-refractivity contribution in [3.05, 3.63) is 35.4 Å². The second-order valence-electron chi connectivity index (χ2n) is 10.1. The summed E-state index contributed by atoms with van der Waals surface area (Å²) in [6.45, 7) is 3.72. The van der Waals surface area contributed by atoms with E-state index in [0.29, 0.717) is 17.7 Å². The van der Waals surface area contributed by atoms with E-state index in [9.17, 15) is 10.1 Å². The van der Waals surface area contributed by atoms with Crippen molar-refractivity contribution in [2.75, 3.05) is 13.1 Å². The lowest BCUT2D eigenvalue weighted by atomic mass is 9.42. The number of likely N-dealkylation sites (tertiary alicyclic amines) is 1. The van der Waals surface area contributed by atoms with Crippen molar-refractivity contribution in [2.45, 2.75) is 63.7 Å². The van der Waals surface area contributed by atoms with Crippen molar-refractivity contribution in [1.29, 1.82) is 5.26 Å². The highest BCUT2D eigenvalue weighted by Gasteiger charge is 2.61. The Bertz CT molecular complexity index is 768. The number of carbonyl (C=O) groups excluding carboxylic acids is 1. The van der Waals surface area contributed by atoms with Gasteiger partial charge in [-0.3, -0.25) is 4.79 Å². The topological polar surface area (TPSA) is 44.1 Å². The number of nitrogens with zero attached hydrogens (tertiary/aromatic N) is 2. The maximum Gasteiger partial charge on any atom is 0.228 e. The van der Waals surface area contributed by atoms with Crippen LogP contribution >= 0.6 is 0 Å². The minimum absolute atomic E-state index is 0.131. The Kier molecular flexibility index (Phi) is 3.90. The maximum absolute atomic E-state index is 13.7. The van der Waals surface area contributed by atoms with Gasteiger partial charge < -0.3 is 4.90 Å². The molecule has 142 valence electrons. The molecular formula is C24H30N2O. The van der Waals surface area contributed by atoms with Gasteiger partial charge in [0.2, 0.25) is 5.91 Å². The summed E-state index contributed by atoms with van der Waals surface area (Å²) in [4.78, 5) is 15.8. The molecule has 1 saturated heterocycles. The largest absolute Gasteiger partial charge is 0.342 e. The summed E-state index contributed by atoms with van der Waals surface area (Å²) in [5.41, 5.74) is 2.88. The lowest BCUT2D eigenvalue weighted by molar-refractivity contribution is -0.161. The summed E-state index contributed by atoms with van der Waals surface area (Å²) >= 11 is 0. The average Bonchev–Trinajstić information content (AvgIpc) is 2.67. The molecule has 1 aromatic rings. The number of hydrogen-bond donors (Lipinski definition) is 0. The molecule has 1 amide bonds. The van der Waals surface area contributed by atoms with E-state index < -0.39 is 0 Å². The predicted octanol–water partition coefficient (Wildman–Crippen LogP) is 4.60. The van der Waals surface area contributed by atoms with Crippen LogP contribution in [0.3, 0.4) is 0 Å². The Labute approximate surface area is 162 Å². The number of carbonyl (C=O) groups is 1. The SMILES string of the molecule is Cc1ccc(C23CC4CC(CC(C(=O)N5CCC(C#N)CC5)(C4)C2)C3)cc1. The number of hydrogen-bond acceptors (Lipinski definition) is 2. The van der Waals surface area contributed by atoms with Crippen molar-refractivity contribution in [3.8, 4) is 6.07 Å². The van der Waals surface area contributed by atoms with E-state index in [1.54, 1.807) is 0 Å². The van der Waals surface area contributed by atoms with E-state index in [0.717, 1.165) is 45.2 Å². The number of benzene rings is 1. The van der Waals surface area contributed by atoms with Gasteiger partial charge in [0.1, 0.15) is 0 Å². The van der Waals surface area contributed by atoms with Crippen LogP contribution in [0.1, 0.15) is 62.5 Å². The van der Waals surface area contributed by atoms with Crippen LogP contribution in [0, 0.1) is 41.4 Å². The van der Waals surface area contributed by atoms with Gasteiger partial charge in [0.15, 0.2) is 0 Å². The fourth-order valence-electron chi connectivity index (χ4n) is 7.30. The predicted molar refractivity (Wildman–Crippen MR) is 105 cm³/mol. The molecule has 2 atom stereocenters. The van der Waals surface area contributed by atoms with Crippen molar-refractivity contribution in [3.63, 3.8) is 0 Å². The minimum atomic E-state index is -0.131. The van der Waals surface area contributed by atoms with Gasteiger partial charge in [0.25, 0.3) is 0 Å². The molecule has 2 unspecified atom stereocenters.